The second-order valence-corrected chi connectivity index (χ2v) is 6.43. The van der Waals surface area contributed by atoms with Gasteiger partial charge in [-0.2, -0.15) is 52.7 Å². The molecule has 2 N–H and O–H groups in total. The third kappa shape index (κ3) is 5.81. The summed E-state index contributed by atoms with van der Waals surface area (Å²) >= 11 is 0. The van der Waals surface area contributed by atoms with Crippen LogP contribution in [0.15, 0.2) is 35.3 Å². The SMILES string of the molecule is OC(CC(CC(O)(C(F)(F)F)C(F)(F)F)=NCc1ccccc1)(C(F)(F)F)C(F)(F)F. The van der Waals surface area contributed by atoms with Crippen molar-refractivity contribution in [3.63, 3.8) is 0 Å². The molecule has 0 aliphatic carbocycles. The Morgan fingerprint density at radius 1 is 0.613 bits per heavy atom. The number of halogens is 12. The molecule has 0 fully saturated rings. The van der Waals surface area contributed by atoms with Crippen LogP contribution in [0, 0.1) is 0 Å². The number of aliphatic imine (C=N–C) groups is 1. The van der Waals surface area contributed by atoms with Crippen molar-refractivity contribution in [2.24, 2.45) is 4.99 Å². The van der Waals surface area contributed by atoms with Crippen LogP contribution in [0.3, 0.4) is 0 Å². The van der Waals surface area contributed by atoms with Gasteiger partial charge in [-0.3, -0.25) is 4.99 Å². The molecule has 0 aliphatic heterocycles. The number of hydrogen-bond acceptors (Lipinski definition) is 3. The zero-order chi connectivity index (χ0) is 24.5. The fourth-order valence-corrected chi connectivity index (χ4v) is 2.27. The lowest BCUT2D eigenvalue weighted by Gasteiger charge is -2.36. The van der Waals surface area contributed by atoms with Crippen molar-refractivity contribution in [2.75, 3.05) is 0 Å². The van der Waals surface area contributed by atoms with E-state index in [0.717, 1.165) is 0 Å². The minimum Gasteiger partial charge on any atom is -0.373 e. The third-order valence-corrected chi connectivity index (χ3v) is 4.12. The topological polar surface area (TPSA) is 52.8 Å². The average Bonchev–Trinajstić information content (AvgIpc) is 2.56. The molecule has 0 saturated heterocycles. The van der Waals surface area contributed by atoms with Gasteiger partial charge in [-0.05, 0) is 5.56 Å². The molecular weight excluding hydrogens is 466 g/mol. The molecule has 0 unspecified atom stereocenters. The van der Waals surface area contributed by atoms with E-state index in [0.29, 0.717) is 0 Å². The smallest absolute Gasteiger partial charge is 0.373 e. The van der Waals surface area contributed by atoms with Gasteiger partial charge in [0.15, 0.2) is 0 Å². The Balaban J connectivity index is 3.54. The van der Waals surface area contributed by atoms with Gasteiger partial charge >= 0.3 is 24.7 Å². The third-order valence-electron chi connectivity index (χ3n) is 4.12. The van der Waals surface area contributed by atoms with E-state index in [-0.39, 0.29) is 5.56 Å². The Bertz CT molecular complexity index is 692. The number of nitrogens with zero attached hydrogens (tertiary/aromatic N) is 1. The molecular formula is C16H13F12NO2. The van der Waals surface area contributed by atoms with Crippen LogP contribution in [0.4, 0.5) is 52.7 Å². The van der Waals surface area contributed by atoms with Crippen molar-refractivity contribution in [3.05, 3.63) is 35.9 Å². The van der Waals surface area contributed by atoms with Gasteiger partial charge in [0.1, 0.15) is 0 Å². The standard InChI is InChI=1S/C16H13F12NO2/c17-13(18,19)11(30,14(20,21)22)6-10(29-8-9-4-2-1-3-5-9)7-12(31,15(23,24)25)16(26,27)28/h1-5,30-31H,6-8H2. The molecule has 0 aromatic heterocycles. The van der Waals surface area contributed by atoms with Gasteiger partial charge in [-0.25, -0.2) is 0 Å². The Morgan fingerprint density at radius 2 is 0.935 bits per heavy atom. The van der Waals surface area contributed by atoms with Gasteiger partial charge in [0, 0.05) is 18.6 Å². The molecule has 1 rings (SSSR count). The molecule has 1 aromatic carbocycles. The predicted molar refractivity (Wildman–Crippen MR) is 80.9 cm³/mol. The quantitative estimate of drug-likeness (QED) is 0.440. The maximum Gasteiger partial charge on any atom is 0.426 e. The summed E-state index contributed by atoms with van der Waals surface area (Å²) in [5, 5.41) is 18.4. The van der Waals surface area contributed by atoms with Crippen molar-refractivity contribution in [2.45, 2.75) is 55.3 Å². The first-order valence-electron chi connectivity index (χ1n) is 7.93. The largest absolute Gasteiger partial charge is 0.426 e. The summed E-state index contributed by atoms with van der Waals surface area (Å²) in [6, 6.07) is 6.37. The summed E-state index contributed by atoms with van der Waals surface area (Å²) in [5.74, 6) is 0. The van der Waals surface area contributed by atoms with Gasteiger partial charge in [0.25, 0.3) is 11.2 Å². The van der Waals surface area contributed by atoms with E-state index in [1.807, 2.05) is 0 Å². The Kier molecular flexibility index (Phi) is 7.39. The van der Waals surface area contributed by atoms with Crippen LogP contribution in [0.2, 0.25) is 0 Å². The van der Waals surface area contributed by atoms with E-state index in [1.54, 1.807) is 0 Å². The van der Waals surface area contributed by atoms with Gasteiger partial charge in [-0.15, -0.1) is 0 Å². The van der Waals surface area contributed by atoms with Gasteiger partial charge in [0.2, 0.25) is 0 Å². The fraction of sp³-hybridized carbons (Fsp3) is 0.562. The molecule has 0 heterocycles. The van der Waals surface area contributed by atoms with Crippen LogP contribution >= 0.6 is 0 Å². The molecule has 0 amide bonds. The maximum atomic E-state index is 12.9. The number of rotatable bonds is 6. The lowest BCUT2D eigenvalue weighted by Crippen LogP contribution is -2.61. The van der Waals surface area contributed by atoms with Gasteiger partial charge < -0.3 is 10.2 Å². The van der Waals surface area contributed by atoms with E-state index in [1.165, 1.54) is 30.3 Å². The van der Waals surface area contributed by atoms with Crippen LogP contribution in [0.1, 0.15) is 18.4 Å². The molecule has 3 nitrogen and oxygen atoms in total. The molecule has 1 aromatic rings. The van der Waals surface area contributed by atoms with Crippen LogP contribution in [0.5, 0.6) is 0 Å². The molecule has 31 heavy (non-hydrogen) atoms. The Morgan fingerprint density at radius 3 is 1.23 bits per heavy atom. The highest BCUT2D eigenvalue weighted by Crippen LogP contribution is 2.49. The predicted octanol–water partition coefficient (Wildman–Crippen LogP) is 5.12. The normalized spacial score (nSPS) is 14.5. The van der Waals surface area contributed by atoms with Crippen molar-refractivity contribution in [1.82, 2.24) is 0 Å². The molecule has 0 bridgehead atoms. The molecule has 0 spiro atoms. The molecule has 0 aliphatic rings. The summed E-state index contributed by atoms with van der Waals surface area (Å²) in [5.41, 5.74) is -13.4. The zero-order valence-electron chi connectivity index (χ0n) is 14.9. The summed E-state index contributed by atoms with van der Waals surface area (Å²) in [6.07, 6.45) is -31.8. The molecule has 15 heteroatoms. The second kappa shape index (κ2) is 8.48. The number of alkyl halides is 12. The van der Waals surface area contributed by atoms with Gasteiger partial charge in [-0.1, -0.05) is 30.3 Å². The van der Waals surface area contributed by atoms with Crippen LogP contribution in [-0.2, 0) is 6.54 Å². The van der Waals surface area contributed by atoms with Crippen LogP contribution in [0.25, 0.3) is 0 Å². The van der Waals surface area contributed by atoms with Crippen molar-refractivity contribution >= 4 is 5.71 Å². The van der Waals surface area contributed by atoms with Crippen molar-refractivity contribution in [3.8, 4) is 0 Å². The first kappa shape index (κ1) is 27.0. The van der Waals surface area contributed by atoms with E-state index >= 15 is 0 Å². The van der Waals surface area contributed by atoms with Gasteiger partial charge in [0.05, 0.1) is 6.54 Å². The van der Waals surface area contributed by atoms with E-state index in [2.05, 4.69) is 4.99 Å². The molecule has 0 radical (unpaired) electrons. The first-order chi connectivity index (χ1) is 13.7. The van der Waals surface area contributed by atoms with E-state index in [9.17, 15) is 62.9 Å². The van der Waals surface area contributed by atoms with Crippen LogP contribution < -0.4 is 0 Å². The minimum absolute atomic E-state index is 0.00474. The van der Waals surface area contributed by atoms with Crippen molar-refractivity contribution in [1.29, 1.82) is 0 Å². The minimum atomic E-state index is -6.53. The number of benzene rings is 1. The fourth-order valence-electron chi connectivity index (χ4n) is 2.27. The molecule has 0 atom stereocenters. The Labute approximate surface area is 166 Å². The van der Waals surface area contributed by atoms with Crippen molar-refractivity contribution < 1.29 is 62.9 Å². The lowest BCUT2D eigenvalue weighted by molar-refractivity contribution is -0.369. The number of hydrogen-bond donors (Lipinski definition) is 2. The molecule has 0 saturated carbocycles. The maximum absolute atomic E-state index is 12.9. The van der Waals surface area contributed by atoms with E-state index < -0.39 is 61.0 Å². The second-order valence-electron chi connectivity index (χ2n) is 6.43. The highest BCUT2D eigenvalue weighted by molar-refractivity contribution is 5.87. The Hall–Kier alpha value is -2.03. The lowest BCUT2D eigenvalue weighted by atomic mass is 9.87. The molecule has 178 valence electrons. The van der Waals surface area contributed by atoms with Crippen LogP contribution in [-0.4, -0.2) is 51.8 Å². The highest BCUT2D eigenvalue weighted by atomic mass is 19.4. The highest BCUT2D eigenvalue weighted by Gasteiger charge is 2.73. The first-order valence-corrected chi connectivity index (χ1v) is 7.93. The zero-order valence-corrected chi connectivity index (χ0v) is 14.9. The monoisotopic (exact) mass is 479 g/mol. The van der Waals surface area contributed by atoms with E-state index in [4.69, 9.17) is 0 Å². The summed E-state index contributed by atoms with van der Waals surface area (Å²) in [7, 11) is 0. The average molecular weight is 479 g/mol. The number of aliphatic hydroxyl groups is 2. The summed E-state index contributed by atoms with van der Waals surface area (Å²) in [4.78, 5) is 3.01. The summed E-state index contributed by atoms with van der Waals surface area (Å²) in [6.45, 7) is -0.923. The summed E-state index contributed by atoms with van der Waals surface area (Å²) < 4.78 is 155.